The molecule has 0 atom stereocenters. The lowest BCUT2D eigenvalue weighted by Gasteiger charge is -2.24. The van der Waals surface area contributed by atoms with Crippen LogP contribution in [0.25, 0.3) is 0 Å². The molecule has 0 radical (unpaired) electrons. The van der Waals surface area contributed by atoms with E-state index in [4.69, 9.17) is 0 Å². The monoisotopic (exact) mass is 324 g/mol. The van der Waals surface area contributed by atoms with Gasteiger partial charge in [-0.25, -0.2) is 0 Å². The smallest absolute Gasteiger partial charge is 0.304 e. The van der Waals surface area contributed by atoms with E-state index < -0.39 is 17.7 Å². The molecule has 8 heteroatoms. The average molecular weight is 324 g/mol. The second-order valence-electron chi connectivity index (χ2n) is 3.57. The van der Waals surface area contributed by atoms with Crippen molar-refractivity contribution in [3.05, 3.63) is 35.9 Å². The number of benzene rings is 1. The summed E-state index contributed by atoms with van der Waals surface area (Å²) in [4.78, 5) is 7.83. The highest BCUT2D eigenvalue weighted by Gasteiger charge is 2.55. The van der Waals surface area contributed by atoms with Gasteiger partial charge in [-0.1, -0.05) is 30.3 Å². The van der Waals surface area contributed by atoms with E-state index in [0.717, 1.165) is 0 Å². The Morgan fingerprint density at radius 2 is 1.70 bits per heavy atom. The predicted molar refractivity (Wildman–Crippen MR) is 74.2 cm³/mol. The summed E-state index contributed by atoms with van der Waals surface area (Å²) in [6, 6.07) is 7.56. The Labute approximate surface area is 120 Å². The van der Waals surface area contributed by atoms with E-state index in [9.17, 15) is 18.1 Å². The summed E-state index contributed by atoms with van der Waals surface area (Å²) < 4.78 is 49.2. The van der Waals surface area contributed by atoms with Crippen molar-refractivity contribution in [2.45, 2.75) is 18.8 Å². The van der Waals surface area contributed by atoms with Crippen LogP contribution in [0.4, 0.5) is 8.78 Å². The van der Waals surface area contributed by atoms with Crippen LogP contribution in [0.2, 0.25) is 0 Å². The van der Waals surface area contributed by atoms with E-state index in [1.54, 1.807) is 18.2 Å². The van der Waals surface area contributed by atoms with E-state index in [0.29, 0.717) is 0 Å². The van der Waals surface area contributed by atoms with Gasteiger partial charge < -0.3 is 9.05 Å². The summed E-state index contributed by atoms with van der Waals surface area (Å²) in [6.07, 6.45) is 0. The van der Waals surface area contributed by atoms with Crippen LogP contribution >= 0.6 is 19.4 Å². The molecule has 0 fully saturated rings. The number of carbonyl (C=O) groups is 1. The van der Waals surface area contributed by atoms with Gasteiger partial charge in [-0.2, -0.15) is 8.78 Å². The van der Waals surface area contributed by atoms with Crippen molar-refractivity contribution in [2.75, 3.05) is 13.2 Å². The molecule has 1 rings (SSSR count). The number of carbonyl (C=O) groups excluding carboxylic acids is 1. The molecular formula is C12H15F2O4PS. The van der Waals surface area contributed by atoms with Crippen LogP contribution in [0.3, 0.4) is 0 Å². The van der Waals surface area contributed by atoms with Crippen molar-refractivity contribution in [1.82, 2.24) is 0 Å². The van der Waals surface area contributed by atoms with E-state index in [2.05, 4.69) is 9.05 Å². The lowest BCUT2D eigenvalue weighted by atomic mass is 10.2. The number of hydrogen-bond donors (Lipinski definition) is 0. The number of rotatable bonds is 7. The average Bonchev–Trinajstić information content (AvgIpc) is 2.39. The van der Waals surface area contributed by atoms with Crippen LogP contribution in [-0.2, 0) is 13.6 Å². The Kier molecular flexibility index (Phi) is 6.33. The molecule has 0 heterocycles. The molecule has 0 bridgehead atoms. The standard InChI is InChI=1S/C12H15F2O4PS/c1-3-17-19(16,18-4-2)12(13,14)20-11(15)10-8-6-5-7-9-10/h5-9H,3-4H2,1-2H3. The summed E-state index contributed by atoms with van der Waals surface area (Å²) in [7, 11) is -4.69. The predicted octanol–water partition coefficient (Wildman–Crippen LogP) is 4.38. The maximum atomic E-state index is 14.0. The SMILES string of the molecule is CCOP(=O)(OCC)C(F)(F)SC(=O)c1ccccc1. The van der Waals surface area contributed by atoms with Gasteiger partial charge in [0.25, 0.3) is 0 Å². The van der Waals surface area contributed by atoms with E-state index in [1.807, 2.05) is 0 Å². The lowest BCUT2D eigenvalue weighted by Crippen LogP contribution is -2.18. The second-order valence-corrected chi connectivity index (χ2v) is 7.04. The Bertz CT molecular complexity index is 485. The molecule has 1 aromatic rings. The molecule has 0 aromatic heterocycles. The zero-order chi connectivity index (χ0) is 15.2. The first-order chi connectivity index (χ1) is 9.36. The molecule has 0 unspecified atom stereocenters. The summed E-state index contributed by atoms with van der Waals surface area (Å²) in [5.74, 6) is 0. The van der Waals surface area contributed by atoms with Gasteiger partial charge in [-0.05, 0) is 13.8 Å². The van der Waals surface area contributed by atoms with Crippen LogP contribution in [-0.4, -0.2) is 23.3 Å². The molecule has 0 aliphatic carbocycles. The Balaban J connectivity index is 2.92. The van der Waals surface area contributed by atoms with Gasteiger partial charge in [0.1, 0.15) is 0 Å². The van der Waals surface area contributed by atoms with Crippen molar-refractivity contribution in [3.63, 3.8) is 0 Å². The van der Waals surface area contributed by atoms with E-state index in [1.165, 1.54) is 26.0 Å². The van der Waals surface area contributed by atoms with Gasteiger partial charge in [0.15, 0.2) is 0 Å². The van der Waals surface area contributed by atoms with Crippen LogP contribution < -0.4 is 0 Å². The van der Waals surface area contributed by atoms with Gasteiger partial charge in [0, 0.05) is 17.3 Å². The summed E-state index contributed by atoms with van der Waals surface area (Å²) >= 11 is -0.344. The zero-order valence-corrected chi connectivity index (χ0v) is 12.8. The lowest BCUT2D eigenvalue weighted by molar-refractivity contribution is 0.101. The largest absolute Gasteiger partial charge is 0.411 e. The number of hydrogen-bond acceptors (Lipinski definition) is 5. The third kappa shape index (κ3) is 4.12. The van der Waals surface area contributed by atoms with Crippen LogP contribution in [0, 0.1) is 0 Å². The van der Waals surface area contributed by atoms with E-state index in [-0.39, 0.29) is 30.5 Å². The molecule has 0 aliphatic rings. The molecule has 112 valence electrons. The van der Waals surface area contributed by atoms with Crippen molar-refractivity contribution < 1.29 is 27.2 Å². The topological polar surface area (TPSA) is 52.6 Å². The highest BCUT2D eigenvalue weighted by atomic mass is 32.2. The number of alkyl halides is 2. The molecule has 0 amide bonds. The molecule has 20 heavy (non-hydrogen) atoms. The van der Waals surface area contributed by atoms with Crippen LogP contribution in [0.5, 0.6) is 0 Å². The van der Waals surface area contributed by atoms with Crippen molar-refractivity contribution in [3.8, 4) is 0 Å². The van der Waals surface area contributed by atoms with Gasteiger partial charge in [0.05, 0.1) is 13.2 Å². The fourth-order valence-electron chi connectivity index (χ4n) is 1.33. The Morgan fingerprint density at radius 1 is 1.20 bits per heavy atom. The molecular weight excluding hydrogens is 309 g/mol. The normalized spacial score (nSPS) is 12.4. The molecule has 4 nitrogen and oxygen atoms in total. The Hall–Kier alpha value is -0.750. The molecule has 0 saturated heterocycles. The van der Waals surface area contributed by atoms with Gasteiger partial charge in [0.2, 0.25) is 5.12 Å². The number of thioether (sulfide) groups is 1. The second kappa shape index (κ2) is 7.31. The minimum absolute atomic E-state index is 0.0942. The van der Waals surface area contributed by atoms with Crippen molar-refractivity contribution >= 4 is 24.5 Å². The van der Waals surface area contributed by atoms with E-state index >= 15 is 0 Å². The van der Waals surface area contributed by atoms with Gasteiger partial charge in [-0.15, -0.1) is 0 Å². The third-order valence-electron chi connectivity index (χ3n) is 2.14. The molecule has 0 aliphatic heterocycles. The maximum absolute atomic E-state index is 14.0. The summed E-state index contributed by atoms with van der Waals surface area (Å²) in [5, 5.41) is -0.893. The van der Waals surface area contributed by atoms with Crippen molar-refractivity contribution in [1.29, 1.82) is 0 Å². The first-order valence-corrected chi connectivity index (χ1v) is 8.27. The van der Waals surface area contributed by atoms with Crippen LogP contribution in [0.1, 0.15) is 24.2 Å². The minimum Gasteiger partial charge on any atom is -0.304 e. The zero-order valence-electron chi connectivity index (χ0n) is 11.0. The highest BCUT2D eigenvalue weighted by Crippen LogP contribution is 2.66. The maximum Gasteiger partial charge on any atom is 0.411 e. The molecule has 0 spiro atoms. The number of halogens is 2. The van der Waals surface area contributed by atoms with Crippen LogP contribution in [0.15, 0.2) is 30.3 Å². The third-order valence-corrected chi connectivity index (χ3v) is 5.59. The highest BCUT2D eigenvalue weighted by molar-refractivity contribution is 8.19. The first-order valence-electron chi connectivity index (χ1n) is 5.91. The van der Waals surface area contributed by atoms with Gasteiger partial charge in [-0.3, -0.25) is 9.36 Å². The summed E-state index contributed by atoms with van der Waals surface area (Å²) in [6.45, 7) is 2.44. The first kappa shape index (κ1) is 17.3. The minimum atomic E-state index is -4.69. The molecule has 0 saturated carbocycles. The molecule has 0 N–H and O–H groups in total. The summed E-state index contributed by atoms with van der Waals surface area (Å²) in [5.41, 5.74) is 0.0942. The van der Waals surface area contributed by atoms with Gasteiger partial charge >= 0.3 is 12.6 Å². The quantitative estimate of drug-likeness (QED) is 0.697. The fourth-order valence-corrected chi connectivity index (χ4v) is 3.87. The molecule has 1 aromatic carbocycles. The van der Waals surface area contributed by atoms with Crippen molar-refractivity contribution in [2.24, 2.45) is 0 Å². The Morgan fingerprint density at radius 3 is 2.15 bits per heavy atom. The fraction of sp³-hybridized carbons (Fsp3) is 0.417.